The maximum absolute atomic E-state index is 11.0. The molecule has 1 unspecified atom stereocenters. The van der Waals surface area contributed by atoms with Gasteiger partial charge in [0, 0.05) is 15.6 Å². The molecule has 6 heteroatoms. The van der Waals surface area contributed by atoms with Crippen molar-refractivity contribution in [3.63, 3.8) is 0 Å². The minimum atomic E-state index is -1.08. The van der Waals surface area contributed by atoms with Crippen LogP contribution < -0.4 is 0 Å². The first-order valence-corrected chi connectivity index (χ1v) is 7.31. The lowest BCUT2D eigenvalue weighted by atomic mass is 9.88. The molecule has 0 fully saturated rings. The summed E-state index contributed by atoms with van der Waals surface area (Å²) in [6, 6.07) is 5.16. The van der Waals surface area contributed by atoms with Crippen LogP contribution in [0.3, 0.4) is 0 Å². The largest absolute Gasteiger partial charge is 0.383 e. The monoisotopic (exact) mass is 329 g/mol. The van der Waals surface area contributed by atoms with Crippen molar-refractivity contribution in [1.82, 2.24) is 14.8 Å². The Balaban J connectivity index is 0.00000220. The summed E-state index contributed by atoms with van der Waals surface area (Å²) in [6.07, 6.45) is 5.52. The van der Waals surface area contributed by atoms with Gasteiger partial charge in [-0.05, 0) is 18.6 Å². The highest BCUT2D eigenvalue weighted by Crippen LogP contribution is 2.35. The number of unbranched alkanes of at least 4 members (excludes halogenated alkanes) is 1. The molecule has 0 aliphatic heterocycles. The van der Waals surface area contributed by atoms with Crippen LogP contribution in [0, 0.1) is 0 Å². The molecule has 2 rings (SSSR count). The molecule has 1 heterocycles. The van der Waals surface area contributed by atoms with E-state index in [2.05, 4.69) is 17.0 Å². The number of aliphatic hydroxyl groups is 1. The van der Waals surface area contributed by atoms with Gasteiger partial charge in [0.1, 0.15) is 18.3 Å². The molecule has 1 atom stereocenters. The normalized spacial score (nSPS) is 13.5. The number of aromatic nitrogens is 3. The lowest BCUT2D eigenvalue weighted by Gasteiger charge is -2.29. The summed E-state index contributed by atoms with van der Waals surface area (Å²) in [5, 5.41) is 16.1. The maximum atomic E-state index is 11.0. The zero-order chi connectivity index (χ0) is 14.6. The van der Waals surface area contributed by atoms with Crippen LogP contribution in [0.4, 0.5) is 0 Å². The van der Waals surface area contributed by atoms with Crippen molar-refractivity contribution in [3.05, 3.63) is 46.5 Å². The molecule has 0 aliphatic rings. The van der Waals surface area contributed by atoms with E-state index < -0.39 is 5.60 Å². The van der Waals surface area contributed by atoms with E-state index in [-0.39, 0.29) is 7.43 Å². The second-order valence-electron chi connectivity index (χ2n) is 4.85. The van der Waals surface area contributed by atoms with Crippen molar-refractivity contribution in [2.75, 3.05) is 0 Å². The van der Waals surface area contributed by atoms with Crippen LogP contribution in [0.25, 0.3) is 0 Å². The van der Waals surface area contributed by atoms with E-state index >= 15 is 0 Å². The van der Waals surface area contributed by atoms with Crippen LogP contribution in [-0.2, 0) is 12.1 Å². The van der Waals surface area contributed by atoms with Gasteiger partial charge in [0.15, 0.2) is 0 Å². The molecular weight excluding hydrogens is 309 g/mol. The van der Waals surface area contributed by atoms with E-state index in [0.29, 0.717) is 28.6 Å². The summed E-state index contributed by atoms with van der Waals surface area (Å²) >= 11 is 12.2. The van der Waals surface area contributed by atoms with Gasteiger partial charge in [-0.2, -0.15) is 5.10 Å². The van der Waals surface area contributed by atoms with Gasteiger partial charge >= 0.3 is 0 Å². The molecule has 2 aromatic rings. The van der Waals surface area contributed by atoms with Gasteiger partial charge in [0.25, 0.3) is 0 Å². The summed E-state index contributed by atoms with van der Waals surface area (Å²) in [4.78, 5) is 3.90. The number of hydrogen-bond donors (Lipinski definition) is 1. The molecule has 0 saturated carbocycles. The zero-order valence-corrected chi connectivity index (χ0v) is 12.8. The minimum Gasteiger partial charge on any atom is -0.383 e. The van der Waals surface area contributed by atoms with E-state index in [4.69, 9.17) is 23.2 Å². The SMILES string of the molecule is C.CCCCC(O)(Cn1cncn1)c1ccc(Cl)cc1Cl. The predicted octanol–water partition coefficient (Wildman–Crippen LogP) is 4.30. The Morgan fingerprint density at radius 3 is 2.67 bits per heavy atom. The minimum absolute atomic E-state index is 0. The van der Waals surface area contributed by atoms with Crippen molar-refractivity contribution in [1.29, 1.82) is 0 Å². The lowest BCUT2D eigenvalue weighted by Crippen LogP contribution is -2.32. The molecule has 0 radical (unpaired) electrons. The highest BCUT2D eigenvalue weighted by Gasteiger charge is 2.31. The number of nitrogens with zero attached hydrogens (tertiary/aromatic N) is 3. The van der Waals surface area contributed by atoms with Gasteiger partial charge in [-0.25, -0.2) is 9.67 Å². The Labute approximate surface area is 135 Å². The fourth-order valence-corrected chi connectivity index (χ4v) is 2.80. The number of rotatable bonds is 6. The molecule has 0 aliphatic carbocycles. The molecule has 0 bridgehead atoms. The van der Waals surface area contributed by atoms with Crippen LogP contribution in [-0.4, -0.2) is 19.9 Å². The van der Waals surface area contributed by atoms with E-state index in [1.807, 2.05) is 0 Å². The van der Waals surface area contributed by atoms with Gasteiger partial charge < -0.3 is 5.11 Å². The summed E-state index contributed by atoms with van der Waals surface area (Å²) in [6.45, 7) is 2.40. The van der Waals surface area contributed by atoms with Crippen LogP contribution in [0.1, 0.15) is 39.2 Å². The van der Waals surface area contributed by atoms with E-state index in [1.165, 1.54) is 6.33 Å². The molecule has 116 valence electrons. The molecule has 1 aromatic heterocycles. The van der Waals surface area contributed by atoms with E-state index in [1.54, 1.807) is 29.2 Å². The average Bonchev–Trinajstić information content (AvgIpc) is 2.88. The second-order valence-corrected chi connectivity index (χ2v) is 5.70. The van der Waals surface area contributed by atoms with Gasteiger partial charge in [-0.3, -0.25) is 0 Å². The molecule has 0 spiro atoms. The van der Waals surface area contributed by atoms with Crippen LogP contribution in [0.15, 0.2) is 30.9 Å². The summed E-state index contributed by atoms with van der Waals surface area (Å²) in [5.74, 6) is 0. The third-order valence-corrected chi connectivity index (χ3v) is 3.81. The topological polar surface area (TPSA) is 50.9 Å². The molecule has 21 heavy (non-hydrogen) atoms. The Kier molecular flexibility index (Phi) is 6.65. The zero-order valence-electron chi connectivity index (χ0n) is 11.3. The smallest absolute Gasteiger partial charge is 0.137 e. The average molecular weight is 330 g/mol. The van der Waals surface area contributed by atoms with Crippen molar-refractivity contribution in [2.24, 2.45) is 0 Å². The Bertz CT molecular complexity index is 560. The third kappa shape index (κ3) is 4.43. The Morgan fingerprint density at radius 2 is 2.10 bits per heavy atom. The molecule has 0 saturated heterocycles. The molecule has 0 amide bonds. The molecule has 4 nitrogen and oxygen atoms in total. The first-order chi connectivity index (χ1) is 9.55. The molecule has 1 N–H and O–H groups in total. The van der Waals surface area contributed by atoms with Gasteiger partial charge in [0.2, 0.25) is 0 Å². The fraction of sp³-hybridized carbons (Fsp3) is 0.467. The highest BCUT2D eigenvalue weighted by atomic mass is 35.5. The first kappa shape index (κ1) is 18.0. The maximum Gasteiger partial charge on any atom is 0.137 e. The van der Waals surface area contributed by atoms with Crippen molar-refractivity contribution in [3.8, 4) is 0 Å². The van der Waals surface area contributed by atoms with Crippen LogP contribution in [0.5, 0.6) is 0 Å². The second kappa shape index (κ2) is 7.78. The molecule has 1 aromatic carbocycles. The third-order valence-electron chi connectivity index (χ3n) is 3.27. The van der Waals surface area contributed by atoms with E-state index in [9.17, 15) is 5.11 Å². The number of hydrogen-bond acceptors (Lipinski definition) is 3. The van der Waals surface area contributed by atoms with Gasteiger partial charge in [-0.15, -0.1) is 0 Å². The van der Waals surface area contributed by atoms with Crippen molar-refractivity contribution in [2.45, 2.75) is 45.8 Å². The number of halogens is 2. The van der Waals surface area contributed by atoms with Crippen LogP contribution in [0.2, 0.25) is 10.0 Å². The summed E-state index contributed by atoms with van der Waals surface area (Å²) in [5.41, 5.74) is -0.404. The summed E-state index contributed by atoms with van der Waals surface area (Å²) < 4.78 is 1.61. The number of benzene rings is 1. The van der Waals surface area contributed by atoms with Crippen molar-refractivity contribution < 1.29 is 5.11 Å². The molecular formula is C15H21Cl2N3O. The Morgan fingerprint density at radius 1 is 1.33 bits per heavy atom. The van der Waals surface area contributed by atoms with E-state index in [0.717, 1.165) is 12.8 Å². The summed E-state index contributed by atoms with van der Waals surface area (Å²) in [7, 11) is 0. The lowest BCUT2D eigenvalue weighted by molar-refractivity contribution is 0.00429. The fourth-order valence-electron chi connectivity index (χ4n) is 2.22. The van der Waals surface area contributed by atoms with Gasteiger partial charge in [-0.1, -0.05) is 56.5 Å². The van der Waals surface area contributed by atoms with Crippen LogP contribution >= 0.6 is 23.2 Å². The van der Waals surface area contributed by atoms with Crippen molar-refractivity contribution >= 4 is 23.2 Å². The van der Waals surface area contributed by atoms with Gasteiger partial charge in [0.05, 0.1) is 6.54 Å². The predicted molar refractivity (Wildman–Crippen MR) is 86.6 cm³/mol. The Hall–Kier alpha value is -1.10. The first-order valence-electron chi connectivity index (χ1n) is 6.55. The standard InChI is InChI=1S/C14H17Cl2N3O.CH4/c1-2-3-6-14(20,8-19-10-17-9-18-19)12-5-4-11(15)7-13(12)16;/h4-5,7,9-10,20H,2-3,6,8H2,1H3;1H4. The highest BCUT2D eigenvalue weighted by molar-refractivity contribution is 6.35. The quantitative estimate of drug-likeness (QED) is 0.859.